The molecule has 0 radical (unpaired) electrons. The predicted octanol–water partition coefficient (Wildman–Crippen LogP) is 3.42. The average molecular weight is 198 g/mol. The molecule has 0 aliphatic heterocycles. The van der Waals surface area contributed by atoms with Crippen LogP contribution >= 0.6 is 0 Å². The minimum absolute atomic E-state index is 0.166. The molecule has 15 heavy (non-hydrogen) atoms. The first kappa shape index (κ1) is 8.90. The van der Waals surface area contributed by atoms with Crippen molar-refractivity contribution in [1.82, 2.24) is 0 Å². The number of carbonyl (C=O) groups excluding carboxylic acids is 1. The number of fused-ring (bicyclic) bond motifs is 5. The molecule has 1 fully saturated rings. The first-order chi connectivity index (χ1) is 7.16. The van der Waals surface area contributed by atoms with Crippen molar-refractivity contribution in [2.24, 2.45) is 0 Å². The Morgan fingerprint density at radius 1 is 1.40 bits per heavy atom. The van der Waals surface area contributed by atoms with Gasteiger partial charge in [0.15, 0.2) is 5.78 Å². The van der Waals surface area contributed by atoms with Crippen LogP contribution in [0.1, 0.15) is 53.1 Å². The van der Waals surface area contributed by atoms with Crippen molar-refractivity contribution in [1.29, 1.82) is 0 Å². The zero-order valence-electron chi connectivity index (χ0n) is 8.92. The van der Waals surface area contributed by atoms with E-state index in [0.29, 0.717) is 11.8 Å². The summed E-state index contributed by atoms with van der Waals surface area (Å²) >= 11 is 0. The molecule has 0 heterocycles. The van der Waals surface area contributed by atoms with Gasteiger partial charge in [0.05, 0.1) is 0 Å². The highest BCUT2D eigenvalue weighted by atomic mass is 16.1. The Bertz CT molecular complexity index is 470. The molecule has 0 saturated heterocycles. The molecule has 1 saturated carbocycles. The summed E-state index contributed by atoms with van der Waals surface area (Å²) in [7, 11) is 0. The lowest BCUT2D eigenvalue weighted by atomic mass is 9.87. The predicted molar refractivity (Wildman–Crippen MR) is 60.3 cm³/mol. The number of hydrogen-bond acceptors (Lipinski definition) is 1. The van der Waals surface area contributed by atoms with E-state index in [9.17, 15) is 4.79 Å². The van der Waals surface area contributed by atoms with E-state index in [1.165, 1.54) is 23.1 Å². The highest BCUT2D eigenvalue weighted by molar-refractivity contribution is 5.94. The molecule has 2 aliphatic carbocycles. The second-order valence-electron chi connectivity index (χ2n) is 4.75. The Kier molecular flexibility index (Phi) is 1.67. The van der Waals surface area contributed by atoms with Crippen LogP contribution in [0.4, 0.5) is 0 Å². The fourth-order valence-corrected chi connectivity index (χ4v) is 3.04. The minimum atomic E-state index is 0.166. The summed E-state index contributed by atoms with van der Waals surface area (Å²) in [5, 5.41) is 0. The molecule has 2 atom stereocenters. The highest BCUT2D eigenvalue weighted by Crippen LogP contribution is 2.55. The molecule has 0 spiro atoms. The molecular formula is C14H14O. The third kappa shape index (κ3) is 1.12. The maximum atomic E-state index is 11.3. The number of benzene rings is 1. The van der Waals surface area contributed by atoms with E-state index in [2.05, 4.69) is 18.7 Å². The van der Waals surface area contributed by atoms with E-state index in [1.54, 1.807) is 6.92 Å². The van der Waals surface area contributed by atoms with Gasteiger partial charge < -0.3 is 0 Å². The highest BCUT2D eigenvalue weighted by Gasteiger charge is 2.39. The Hall–Kier alpha value is -1.37. The summed E-state index contributed by atoms with van der Waals surface area (Å²) in [6.07, 6.45) is 2.34. The first-order valence-electron chi connectivity index (χ1n) is 5.49. The van der Waals surface area contributed by atoms with Crippen LogP contribution in [0.2, 0.25) is 0 Å². The second-order valence-corrected chi connectivity index (χ2v) is 4.75. The topological polar surface area (TPSA) is 17.1 Å². The van der Waals surface area contributed by atoms with Crippen molar-refractivity contribution in [2.75, 3.05) is 0 Å². The van der Waals surface area contributed by atoms with Crippen molar-refractivity contribution in [2.45, 2.75) is 31.6 Å². The monoisotopic (exact) mass is 198 g/mol. The largest absolute Gasteiger partial charge is 0.295 e. The number of rotatable bonds is 1. The lowest BCUT2D eigenvalue weighted by molar-refractivity contribution is 0.101. The summed E-state index contributed by atoms with van der Waals surface area (Å²) in [6.45, 7) is 5.76. The van der Waals surface area contributed by atoms with Crippen molar-refractivity contribution in [3.05, 3.63) is 47.0 Å². The van der Waals surface area contributed by atoms with Crippen LogP contribution in [-0.4, -0.2) is 5.78 Å². The molecule has 1 aromatic carbocycles. The minimum Gasteiger partial charge on any atom is -0.295 e. The number of ketones is 1. The van der Waals surface area contributed by atoms with Crippen LogP contribution in [0, 0.1) is 0 Å². The summed E-state index contributed by atoms with van der Waals surface area (Å²) in [5.41, 5.74) is 5.05. The normalized spacial score (nSPS) is 26.9. The molecule has 3 rings (SSSR count). The first-order valence-corrected chi connectivity index (χ1v) is 5.49. The lowest BCUT2D eigenvalue weighted by Crippen LogP contribution is -2.02. The standard InChI is InChI=1S/C14H14O/c1-8-5-11-7-13(8)12-4-3-10(9(2)15)6-14(11)12/h3-4,6,11,13H,1,5,7H2,2H3. The number of carbonyl (C=O) groups is 1. The van der Waals surface area contributed by atoms with Gasteiger partial charge in [-0.25, -0.2) is 0 Å². The molecule has 0 N–H and O–H groups in total. The summed E-state index contributed by atoms with van der Waals surface area (Å²) in [6, 6.07) is 6.17. The van der Waals surface area contributed by atoms with E-state index >= 15 is 0 Å². The van der Waals surface area contributed by atoms with Crippen LogP contribution in [0.15, 0.2) is 30.4 Å². The van der Waals surface area contributed by atoms with E-state index in [-0.39, 0.29) is 5.78 Å². The quantitative estimate of drug-likeness (QED) is 0.499. The second kappa shape index (κ2) is 2.82. The number of hydrogen-bond donors (Lipinski definition) is 0. The number of allylic oxidation sites excluding steroid dienone is 1. The van der Waals surface area contributed by atoms with Gasteiger partial charge in [0.1, 0.15) is 0 Å². The Morgan fingerprint density at radius 3 is 2.93 bits per heavy atom. The zero-order chi connectivity index (χ0) is 10.6. The maximum Gasteiger partial charge on any atom is 0.159 e. The molecule has 2 bridgehead atoms. The van der Waals surface area contributed by atoms with Crippen LogP contribution in [0.5, 0.6) is 0 Å². The van der Waals surface area contributed by atoms with Gasteiger partial charge in [0, 0.05) is 11.5 Å². The molecule has 1 heteroatoms. The van der Waals surface area contributed by atoms with Crippen molar-refractivity contribution >= 4 is 5.78 Å². The third-order valence-electron chi connectivity index (χ3n) is 3.83. The fourth-order valence-electron chi connectivity index (χ4n) is 3.04. The van der Waals surface area contributed by atoms with E-state index < -0.39 is 0 Å². The molecule has 2 unspecified atom stereocenters. The van der Waals surface area contributed by atoms with Gasteiger partial charge in [-0.05, 0) is 42.9 Å². The molecule has 1 nitrogen and oxygen atoms in total. The molecule has 76 valence electrons. The van der Waals surface area contributed by atoms with Gasteiger partial charge >= 0.3 is 0 Å². The number of Topliss-reactive ketones (excluding diaryl/α,β-unsaturated/α-hetero) is 1. The van der Waals surface area contributed by atoms with Crippen LogP contribution in [0.25, 0.3) is 0 Å². The third-order valence-corrected chi connectivity index (χ3v) is 3.83. The zero-order valence-corrected chi connectivity index (χ0v) is 8.92. The molecule has 0 aromatic heterocycles. The smallest absolute Gasteiger partial charge is 0.159 e. The van der Waals surface area contributed by atoms with Crippen LogP contribution in [-0.2, 0) is 0 Å². The van der Waals surface area contributed by atoms with Crippen molar-refractivity contribution < 1.29 is 4.79 Å². The fraction of sp³-hybridized carbons (Fsp3) is 0.357. The van der Waals surface area contributed by atoms with Gasteiger partial charge in [-0.2, -0.15) is 0 Å². The van der Waals surface area contributed by atoms with E-state index in [0.717, 1.165) is 12.0 Å². The van der Waals surface area contributed by atoms with E-state index in [1.807, 2.05) is 6.07 Å². The van der Waals surface area contributed by atoms with Crippen LogP contribution in [0.3, 0.4) is 0 Å². The van der Waals surface area contributed by atoms with Gasteiger partial charge in [0.2, 0.25) is 0 Å². The van der Waals surface area contributed by atoms with Gasteiger partial charge in [-0.1, -0.05) is 24.3 Å². The molecule has 1 aromatic rings. The van der Waals surface area contributed by atoms with Crippen LogP contribution < -0.4 is 0 Å². The summed E-state index contributed by atoms with van der Waals surface area (Å²) in [5.74, 6) is 1.38. The van der Waals surface area contributed by atoms with Gasteiger partial charge in [-0.15, -0.1) is 0 Å². The molecule has 2 aliphatic rings. The molecular weight excluding hydrogens is 184 g/mol. The summed E-state index contributed by atoms with van der Waals surface area (Å²) < 4.78 is 0. The Morgan fingerprint density at radius 2 is 2.20 bits per heavy atom. The molecule has 0 amide bonds. The lowest BCUT2D eigenvalue weighted by Gasteiger charge is -2.17. The maximum absolute atomic E-state index is 11.3. The Labute approximate surface area is 89.8 Å². The van der Waals surface area contributed by atoms with Crippen molar-refractivity contribution in [3.8, 4) is 0 Å². The Balaban J connectivity index is 2.13. The summed E-state index contributed by atoms with van der Waals surface area (Å²) in [4.78, 5) is 11.3. The van der Waals surface area contributed by atoms with Gasteiger partial charge in [0.25, 0.3) is 0 Å². The van der Waals surface area contributed by atoms with Gasteiger partial charge in [-0.3, -0.25) is 4.79 Å². The van der Waals surface area contributed by atoms with E-state index in [4.69, 9.17) is 0 Å². The average Bonchev–Trinajstić information content (AvgIpc) is 2.74. The SMILES string of the molecule is C=C1CC2CC1c1ccc(C(C)=O)cc12. The van der Waals surface area contributed by atoms with Crippen molar-refractivity contribution in [3.63, 3.8) is 0 Å².